The minimum absolute atomic E-state index is 0.0154. The Morgan fingerprint density at radius 1 is 1.07 bits per heavy atom. The van der Waals surface area contributed by atoms with Gasteiger partial charge in [-0.05, 0) is 62.9 Å². The molecule has 0 saturated carbocycles. The van der Waals surface area contributed by atoms with Crippen molar-refractivity contribution in [3.63, 3.8) is 0 Å². The molecule has 156 valence electrons. The summed E-state index contributed by atoms with van der Waals surface area (Å²) in [5.41, 5.74) is 3.88. The molecule has 0 bridgehead atoms. The highest BCUT2D eigenvalue weighted by Crippen LogP contribution is 2.18. The monoisotopic (exact) mass is 398 g/mol. The van der Waals surface area contributed by atoms with Crippen molar-refractivity contribution in [1.82, 2.24) is 10.2 Å². The molecule has 0 unspecified atom stereocenters. The second kappa shape index (κ2) is 10.2. The van der Waals surface area contributed by atoms with Crippen LogP contribution < -0.4 is 5.32 Å². The van der Waals surface area contributed by atoms with Gasteiger partial charge in [-0.15, -0.1) is 0 Å². The molecule has 0 aliphatic heterocycles. The number of hydrogen-bond donors (Lipinski definition) is 1. The van der Waals surface area contributed by atoms with Gasteiger partial charge in [-0.3, -0.25) is 9.59 Å². The van der Waals surface area contributed by atoms with Crippen molar-refractivity contribution in [1.29, 1.82) is 0 Å². The molecule has 1 atom stereocenters. The Morgan fingerprint density at radius 2 is 1.72 bits per heavy atom. The van der Waals surface area contributed by atoms with E-state index >= 15 is 0 Å². The minimum atomic E-state index is -0.583. The molecule has 5 heteroatoms. The molecule has 2 aromatic rings. The van der Waals surface area contributed by atoms with Crippen LogP contribution in [0, 0.1) is 19.7 Å². The molecular formula is C24H31FN2O2. The zero-order valence-corrected chi connectivity index (χ0v) is 18.0. The summed E-state index contributed by atoms with van der Waals surface area (Å²) in [6.07, 6.45) is 0.721. The van der Waals surface area contributed by atoms with Crippen LogP contribution in [-0.4, -0.2) is 28.8 Å². The standard InChI is InChI=1S/C24H31FN2O2/c1-6-22(24(29)26-16(2)3)27(15-19-9-11-21(25)12-10-19)23(28)14-20-13-17(4)7-8-18(20)5/h7-13,16,22H,6,14-15H2,1-5H3,(H,26,29)/t22-/m1/s1. The molecule has 2 amide bonds. The number of nitrogens with one attached hydrogen (secondary N) is 1. The summed E-state index contributed by atoms with van der Waals surface area (Å²) in [6.45, 7) is 9.92. The first-order valence-electron chi connectivity index (χ1n) is 10.1. The molecule has 2 aromatic carbocycles. The molecule has 4 nitrogen and oxygen atoms in total. The summed E-state index contributed by atoms with van der Waals surface area (Å²) in [7, 11) is 0. The highest BCUT2D eigenvalue weighted by Gasteiger charge is 2.29. The van der Waals surface area contributed by atoms with E-state index in [2.05, 4.69) is 5.32 Å². The maximum atomic E-state index is 13.3. The van der Waals surface area contributed by atoms with Gasteiger partial charge in [0.15, 0.2) is 0 Å². The lowest BCUT2D eigenvalue weighted by molar-refractivity contribution is -0.141. The third kappa shape index (κ3) is 6.41. The number of halogens is 1. The van der Waals surface area contributed by atoms with Crippen molar-refractivity contribution in [2.75, 3.05) is 0 Å². The number of carbonyl (C=O) groups excluding carboxylic acids is 2. The molecule has 0 fully saturated rings. The molecule has 2 rings (SSSR count). The van der Waals surface area contributed by atoms with Crippen LogP contribution in [0.15, 0.2) is 42.5 Å². The number of benzene rings is 2. The summed E-state index contributed by atoms with van der Waals surface area (Å²) in [5.74, 6) is -0.612. The van der Waals surface area contributed by atoms with Gasteiger partial charge in [-0.2, -0.15) is 0 Å². The van der Waals surface area contributed by atoms with Crippen LogP contribution in [0.1, 0.15) is 49.4 Å². The number of aryl methyl sites for hydroxylation is 2. The zero-order chi connectivity index (χ0) is 21.6. The second-order valence-corrected chi connectivity index (χ2v) is 7.84. The van der Waals surface area contributed by atoms with E-state index in [0.717, 1.165) is 22.3 Å². The van der Waals surface area contributed by atoms with E-state index in [0.29, 0.717) is 6.42 Å². The lowest BCUT2D eigenvalue weighted by Gasteiger charge is -2.31. The van der Waals surface area contributed by atoms with Crippen molar-refractivity contribution in [3.05, 3.63) is 70.5 Å². The molecular weight excluding hydrogens is 367 g/mol. The van der Waals surface area contributed by atoms with E-state index in [-0.39, 0.29) is 36.6 Å². The summed E-state index contributed by atoms with van der Waals surface area (Å²) >= 11 is 0. The third-order valence-corrected chi connectivity index (χ3v) is 4.93. The normalized spacial score (nSPS) is 12.0. The Kier molecular flexibility index (Phi) is 7.94. The number of carbonyl (C=O) groups is 2. The predicted octanol–water partition coefficient (Wildman–Crippen LogP) is 4.32. The van der Waals surface area contributed by atoms with Gasteiger partial charge in [0, 0.05) is 12.6 Å². The van der Waals surface area contributed by atoms with Crippen molar-refractivity contribution in [3.8, 4) is 0 Å². The van der Waals surface area contributed by atoms with Gasteiger partial charge in [0.25, 0.3) is 0 Å². The van der Waals surface area contributed by atoms with Crippen LogP contribution in [0.2, 0.25) is 0 Å². The van der Waals surface area contributed by atoms with Gasteiger partial charge in [-0.1, -0.05) is 42.8 Å². The topological polar surface area (TPSA) is 49.4 Å². The van der Waals surface area contributed by atoms with Gasteiger partial charge < -0.3 is 10.2 Å². The molecule has 0 aliphatic carbocycles. The van der Waals surface area contributed by atoms with Gasteiger partial charge in [-0.25, -0.2) is 4.39 Å². The van der Waals surface area contributed by atoms with Crippen molar-refractivity contribution in [2.45, 2.75) is 66.1 Å². The average Bonchev–Trinajstić information content (AvgIpc) is 2.65. The average molecular weight is 399 g/mol. The zero-order valence-electron chi connectivity index (χ0n) is 18.0. The number of amides is 2. The van der Waals surface area contributed by atoms with E-state index in [1.54, 1.807) is 17.0 Å². The molecule has 0 radical (unpaired) electrons. The largest absolute Gasteiger partial charge is 0.352 e. The summed E-state index contributed by atoms with van der Waals surface area (Å²) < 4.78 is 13.3. The lowest BCUT2D eigenvalue weighted by Crippen LogP contribution is -2.50. The van der Waals surface area contributed by atoms with Crippen LogP contribution in [0.3, 0.4) is 0 Å². The fraction of sp³-hybridized carbons (Fsp3) is 0.417. The van der Waals surface area contributed by atoms with Gasteiger partial charge in [0.1, 0.15) is 11.9 Å². The van der Waals surface area contributed by atoms with Gasteiger partial charge in [0.05, 0.1) is 6.42 Å². The fourth-order valence-corrected chi connectivity index (χ4v) is 3.34. The first-order valence-corrected chi connectivity index (χ1v) is 10.1. The number of hydrogen-bond acceptors (Lipinski definition) is 2. The maximum Gasteiger partial charge on any atom is 0.243 e. The van der Waals surface area contributed by atoms with Crippen molar-refractivity contribution in [2.24, 2.45) is 0 Å². The van der Waals surface area contributed by atoms with Crippen molar-refractivity contribution < 1.29 is 14.0 Å². The Morgan fingerprint density at radius 3 is 2.31 bits per heavy atom. The van der Waals surface area contributed by atoms with E-state index in [1.807, 2.05) is 52.8 Å². The van der Waals surface area contributed by atoms with Crippen molar-refractivity contribution >= 4 is 11.8 Å². The molecule has 0 spiro atoms. The highest BCUT2D eigenvalue weighted by atomic mass is 19.1. The Hall–Kier alpha value is -2.69. The highest BCUT2D eigenvalue weighted by molar-refractivity contribution is 5.88. The van der Waals surface area contributed by atoms with Crippen LogP contribution in [-0.2, 0) is 22.6 Å². The number of rotatable bonds is 8. The molecule has 0 saturated heterocycles. The van der Waals surface area contributed by atoms with Gasteiger partial charge in [0.2, 0.25) is 11.8 Å². The van der Waals surface area contributed by atoms with E-state index in [9.17, 15) is 14.0 Å². The second-order valence-electron chi connectivity index (χ2n) is 7.84. The number of nitrogens with zero attached hydrogens (tertiary/aromatic N) is 1. The van der Waals surface area contributed by atoms with E-state index < -0.39 is 6.04 Å². The van der Waals surface area contributed by atoms with Gasteiger partial charge >= 0.3 is 0 Å². The summed E-state index contributed by atoms with van der Waals surface area (Å²) in [6, 6.07) is 11.5. The Bertz CT molecular complexity index is 846. The smallest absolute Gasteiger partial charge is 0.243 e. The first kappa shape index (κ1) is 22.6. The molecule has 0 aromatic heterocycles. The predicted molar refractivity (Wildman–Crippen MR) is 114 cm³/mol. The molecule has 0 aliphatic rings. The first-order chi connectivity index (χ1) is 13.7. The fourth-order valence-electron chi connectivity index (χ4n) is 3.34. The molecule has 29 heavy (non-hydrogen) atoms. The minimum Gasteiger partial charge on any atom is -0.352 e. The van der Waals surface area contributed by atoms with E-state index in [1.165, 1.54) is 12.1 Å². The molecule has 0 heterocycles. The SMILES string of the molecule is CC[C@H](C(=O)NC(C)C)N(Cc1ccc(F)cc1)C(=O)Cc1cc(C)ccc1C. The third-order valence-electron chi connectivity index (χ3n) is 4.93. The van der Waals surface area contributed by atoms with E-state index in [4.69, 9.17) is 0 Å². The quantitative estimate of drug-likeness (QED) is 0.720. The maximum absolute atomic E-state index is 13.3. The van der Waals surface area contributed by atoms with Crippen LogP contribution in [0.4, 0.5) is 4.39 Å². The summed E-state index contributed by atoms with van der Waals surface area (Å²) in [5, 5.41) is 2.92. The van der Waals surface area contributed by atoms with Crippen LogP contribution in [0.5, 0.6) is 0 Å². The lowest BCUT2D eigenvalue weighted by atomic mass is 10.0. The molecule has 1 N–H and O–H groups in total. The Labute approximate surface area is 173 Å². The van der Waals surface area contributed by atoms with Crippen LogP contribution >= 0.6 is 0 Å². The Balaban J connectivity index is 2.33. The summed E-state index contributed by atoms with van der Waals surface area (Å²) in [4.78, 5) is 27.7. The van der Waals surface area contributed by atoms with Crippen LogP contribution in [0.25, 0.3) is 0 Å².